The second kappa shape index (κ2) is 11.6. The highest BCUT2D eigenvalue weighted by Crippen LogP contribution is 2.32. The van der Waals surface area contributed by atoms with Crippen LogP contribution in [0.1, 0.15) is 67.5 Å². The van der Waals surface area contributed by atoms with E-state index in [1.165, 1.54) is 44.3 Å². The third-order valence-corrected chi connectivity index (χ3v) is 7.23. The van der Waals surface area contributed by atoms with Gasteiger partial charge in [0.05, 0.1) is 11.4 Å². The number of nitrogens with zero attached hydrogens (tertiary/aromatic N) is 1. The molecule has 192 valence electrons. The Labute approximate surface area is 226 Å². The predicted octanol–water partition coefficient (Wildman–Crippen LogP) is 8.86. The van der Waals surface area contributed by atoms with Crippen molar-refractivity contribution < 1.29 is 0 Å². The fourth-order valence-corrected chi connectivity index (χ4v) is 5.20. The van der Waals surface area contributed by atoms with Gasteiger partial charge in [0.15, 0.2) is 0 Å². The van der Waals surface area contributed by atoms with Gasteiger partial charge in [-0.05, 0) is 57.0 Å². The van der Waals surface area contributed by atoms with Gasteiger partial charge in [0.1, 0.15) is 0 Å². The van der Waals surface area contributed by atoms with Crippen LogP contribution in [0.25, 0.3) is 22.0 Å². The van der Waals surface area contributed by atoms with Crippen LogP contribution in [0.5, 0.6) is 0 Å². The van der Waals surface area contributed by atoms with Crippen molar-refractivity contribution in [3.8, 4) is 11.3 Å². The summed E-state index contributed by atoms with van der Waals surface area (Å²) in [4.78, 5) is 5.08. The summed E-state index contributed by atoms with van der Waals surface area (Å²) in [6.07, 6.45) is 0.788. The van der Waals surface area contributed by atoms with Crippen LogP contribution in [0.2, 0.25) is 0 Å². The summed E-state index contributed by atoms with van der Waals surface area (Å²) < 4.78 is 0. The number of fused-ring (bicyclic) bond motifs is 1. The van der Waals surface area contributed by atoms with Gasteiger partial charge in [-0.3, -0.25) is 4.98 Å². The number of hydrazine groups is 1. The van der Waals surface area contributed by atoms with Crippen molar-refractivity contribution >= 4 is 16.5 Å². The molecule has 0 radical (unpaired) electrons. The summed E-state index contributed by atoms with van der Waals surface area (Å²) in [5, 5.41) is 2.47. The molecule has 5 aromatic rings. The third kappa shape index (κ3) is 5.64. The first-order valence-electron chi connectivity index (χ1n) is 13.6. The van der Waals surface area contributed by atoms with Crippen LogP contribution in [-0.2, 0) is 13.0 Å². The van der Waals surface area contributed by atoms with Gasteiger partial charge >= 0.3 is 0 Å². The number of anilines is 1. The van der Waals surface area contributed by atoms with Crippen molar-refractivity contribution in [3.63, 3.8) is 0 Å². The quantitative estimate of drug-likeness (QED) is 0.199. The molecule has 0 aliphatic carbocycles. The Morgan fingerprint density at radius 3 is 2.03 bits per heavy atom. The van der Waals surface area contributed by atoms with Gasteiger partial charge in [0.2, 0.25) is 0 Å². The minimum Gasteiger partial charge on any atom is -0.321 e. The monoisotopic (exact) mass is 499 g/mol. The molecule has 3 nitrogen and oxygen atoms in total. The van der Waals surface area contributed by atoms with Crippen molar-refractivity contribution in [2.24, 2.45) is 0 Å². The summed E-state index contributed by atoms with van der Waals surface area (Å²) in [7, 11) is 0. The zero-order valence-corrected chi connectivity index (χ0v) is 22.8. The Balaban J connectivity index is 1.35. The number of aromatic nitrogens is 1. The topological polar surface area (TPSA) is 37.0 Å². The normalized spacial score (nSPS) is 11.4. The highest BCUT2D eigenvalue weighted by atomic mass is 15.4. The van der Waals surface area contributed by atoms with Gasteiger partial charge in [-0.15, -0.1) is 0 Å². The number of nitrogens with one attached hydrogen (secondary N) is 2. The van der Waals surface area contributed by atoms with Gasteiger partial charge in [0, 0.05) is 24.2 Å². The van der Waals surface area contributed by atoms with E-state index in [9.17, 15) is 0 Å². The fraction of sp³-hybridized carbons (Fsp3) is 0.229. The molecule has 0 spiro atoms. The molecule has 0 bridgehead atoms. The Morgan fingerprint density at radius 2 is 1.26 bits per heavy atom. The van der Waals surface area contributed by atoms with E-state index in [0.717, 1.165) is 24.4 Å². The Bertz CT molecular complexity index is 1500. The lowest BCUT2D eigenvalue weighted by Gasteiger charge is -2.21. The van der Waals surface area contributed by atoms with Crippen molar-refractivity contribution in [1.29, 1.82) is 0 Å². The van der Waals surface area contributed by atoms with Crippen molar-refractivity contribution in [3.05, 3.63) is 131 Å². The number of hydrogen-bond donors (Lipinski definition) is 2. The average molecular weight is 500 g/mol. The second-order valence-corrected chi connectivity index (χ2v) is 10.6. The van der Waals surface area contributed by atoms with E-state index in [0.29, 0.717) is 11.8 Å². The smallest absolute Gasteiger partial charge is 0.0711 e. The molecule has 3 heteroatoms. The van der Waals surface area contributed by atoms with E-state index in [-0.39, 0.29) is 0 Å². The predicted molar refractivity (Wildman–Crippen MR) is 162 cm³/mol. The van der Waals surface area contributed by atoms with Gasteiger partial charge < -0.3 is 5.43 Å². The lowest BCUT2D eigenvalue weighted by Crippen LogP contribution is -2.24. The van der Waals surface area contributed by atoms with Crippen molar-refractivity contribution in [2.45, 2.75) is 52.5 Å². The molecule has 0 fully saturated rings. The first-order valence-corrected chi connectivity index (χ1v) is 13.6. The molecule has 0 amide bonds. The molecule has 0 saturated carbocycles. The highest BCUT2D eigenvalue weighted by molar-refractivity contribution is 5.95. The Morgan fingerprint density at radius 1 is 0.632 bits per heavy atom. The molecule has 0 aliphatic rings. The van der Waals surface area contributed by atoms with E-state index in [4.69, 9.17) is 4.98 Å². The molecule has 0 saturated heterocycles. The standard InChI is InChI=1S/C35H37N3/c1-24(2)30-18-11-19-31(25(3)4)35(30)38-36-23-28-14-6-5-13-27(28)22-29-16-10-21-34(37-29)33-20-9-15-26-12-7-8-17-32(26)33/h5-21,24-25,36,38H,22-23H2,1-4H3. The molecule has 5 rings (SSSR count). The van der Waals surface area contributed by atoms with Crippen LogP contribution in [0.3, 0.4) is 0 Å². The van der Waals surface area contributed by atoms with Gasteiger partial charge in [-0.25, -0.2) is 5.43 Å². The summed E-state index contributed by atoms with van der Waals surface area (Å²) in [6, 6.07) is 36.6. The number of pyridine rings is 1. The molecule has 1 aromatic heterocycles. The molecule has 1 heterocycles. The lowest BCUT2D eigenvalue weighted by molar-refractivity contribution is 0.768. The van der Waals surface area contributed by atoms with Gasteiger partial charge in [0.25, 0.3) is 0 Å². The van der Waals surface area contributed by atoms with Gasteiger partial charge in [-0.2, -0.15) is 0 Å². The largest absolute Gasteiger partial charge is 0.321 e. The SMILES string of the molecule is CC(C)c1cccc(C(C)C)c1NNCc1ccccc1Cc1cccc(-c2cccc3ccccc23)n1. The number of benzene rings is 4. The third-order valence-electron chi connectivity index (χ3n) is 7.23. The average Bonchev–Trinajstić information content (AvgIpc) is 2.93. The molecule has 38 heavy (non-hydrogen) atoms. The molecular formula is C35H37N3. The zero-order valence-electron chi connectivity index (χ0n) is 22.8. The van der Waals surface area contributed by atoms with E-state index in [2.05, 4.69) is 142 Å². The molecule has 0 atom stereocenters. The van der Waals surface area contributed by atoms with Gasteiger partial charge in [-0.1, -0.05) is 119 Å². The van der Waals surface area contributed by atoms with E-state index in [1.807, 2.05) is 0 Å². The summed E-state index contributed by atoms with van der Waals surface area (Å²) in [5.74, 6) is 0.899. The first kappa shape index (κ1) is 25.7. The number of hydrogen-bond acceptors (Lipinski definition) is 3. The number of para-hydroxylation sites is 1. The van der Waals surface area contributed by atoms with E-state index in [1.54, 1.807) is 0 Å². The van der Waals surface area contributed by atoms with Crippen LogP contribution in [0.15, 0.2) is 103 Å². The maximum absolute atomic E-state index is 5.08. The fourth-order valence-electron chi connectivity index (χ4n) is 5.20. The summed E-state index contributed by atoms with van der Waals surface area (Å²) in [6.45, 7) is 9.72. The van der Waals surface area contributed by atoms with Crippen LogP contribution >= 0.6 is 0 Å². The van der Waals surface area contributed by atoms with Crippen LogP contribution in [-0.4, -0.2) is 4.98 Å². The van der Waals surface area contributed by atoms with Crippen LogP contribution in [0, 0.1) is 0 Å². The Hall–Kier alpha value is -3.95. The number of rotatable bonds is 9. The minimum atomic E-state index is 0.449. The maximum atomic E-state index is 5.08. The highest BCUT2D eigenvalue weighted by Gasteiger charge is 2.14. The van der Waals surface area contributed by atoms with Crippen molar-refractivity contribution in [1.82, 2.24) is 10.4 Å². The first-order chi connectivity index (χ1) is 18.5. The van der Waals surface area contributed by atoms with Crippen LogP contribution in [0.4, 0.5) is 5.69 Å². The molecular weight excluding hydrogens is 462 g/mol. The molecule has 4 aromatic carbocycles. The Kier molecular flexibility index (Phi) is 7.86. The minimum absolute atomic E-state index is 0.449. The van der Waals surface area contributed by atoms with Crippen molar-refractivity contribution in [2.75, 3.05) is 5.43 Å². The lowest BCUT2D eigenvalue weighted by atomic mass is 9.93. The second-order valence-electron chi connectivity index (χ2n) is 10.6. The van der Waals surface area contributed by atoms with Crippen LogP contribution < -0.4 is 10.9 Å². The van der Waals surface area contributed by atoms with E-state index < -0.39 is 0 Å². The molecule has 2 N–H and O–H groups in total. The summed E-state index contributed by atoms with van der Waals surface area (Å²) >= 11 is 0. The summed E-state index contributed by atoms with van der Waals surface area (Å²) in [5.41, 5.74) is 16.8. The van der Waals surface area contributed by atoms with E-state index >= 15 is 0 Å². The zero-order chi connectivity index (χ0) is 26.5. The molecule has 0 unspecified atom stereocenters. The maximum Gasteiger partial charge on any atom is 0.0711 e. The molecule has 0 aliphatic heterocycles.